The second-order valence-electron chi connectivity index (χ2n) is 13.6. The maximum atomic E-state index is 2.53. The van der Waals surface area contributed by atoms with Gasteiger partial charge in [-0.2, -0.15) is 0 Å². The summed E-state index contributed by atoms with van der Waals surface area (Å²) in [4.78, 5) is 0. The Morgan fingerprint density at radius 3 is 1.83 bits per heavy atom. The van der Waals surface area contributed by atoms with Gasteiger partial charge < -0.3 is 4.57 Å². The van der Waals surface area contributed by atoms with Crippen LogP contribution in [0.5, 0.6) is 0 Å². The van der Waals surface area contributed by atoms with Gasteiger partial charge in [0.25, 0.3) is 0 Å². The van der Waals surface area contributed by atoms with Gasteiger partial charge >= 0.3 is 0 Å². The van der Waals surface area contributed by atoms with Gasteiger partial charge in [-0.1, -0.05) is 140 Å². The highest BCUT2D eigenvalue weighted by molar-refractivity contribution is 6.17. The normalized spacial score (nSPS) is 14.3. The van der Waals surface area contributed by atoms with E-state index < -0.39 is 0 Å². The van der Waals surface area contributed by atoms with Gasteiger partial charge in [0, 0.05) is 22.0 Å². The minimum absolute atomic E-state index is 0.480. The second kappa shape index (κ2) is 12.0. The van der Waals surface area contributed by atoms with E-state index in [1.165, 1.54) is 72.0 Å². The number of benzene rings is 6. The fraction of sp³-hybridized carbons (Fsp3) is 0.149. The van der Waals surface area contributed by atoms with Crippen molar-refractivity contribution < 1.29 is 0 Å². The molecular weight excluding hydrogens is 579 g/mol. The van der Waals surface area contributed by atoms with E-state index in [0.29, 0.717) is 5.92 Å². The molecule has 1 unspecified atom stereocenters. The number of allylic oxidation sites excluding steroid dienone is 2. The molecule has 1 heterocycles. The van der Waals surface area contributed by atoms with Crippen molar-refractivity contribution in [1.82, 2.24) is 4.57 Å². The molecule has 6 aromatic carbocycles. The number of para-hydroxylation sites is 1. The van der Waals surface area contributed by atoms with E-state index in [4.69, 9.17) is 0 Å². The molecule has 0 bridgehead atoms. The summed E-state index contributed by atoms with van der Waals surface area (Å²) >= 11 is 0. The second-order valence-corrected chi connectivity index (χ2v) is 13.6. The molecule has 0 amide bonds. The van der Waals surface area contributed by atoms with Gasteiger partial charge in [0.2, 0.25) is 0 Å². The Labute approximate surface area is 283 Å². The molecule has 9 rings (SSSR count). The first-order valence-corrected chi connectivity index (χ1v) is 17.5. The molecule has 1 nitrogen and oxygen atoms in total. The molecule has 0 saturated heterocycles. The maximum Gasteiger partial charge on any atom is 0.0622 e. The Balaban J connectivity index is 1.11. The number of fused-ring (bicyclic) bond motifs is 8. The highest BCUT2D eigenvalue weighted by Crippen LogP contribution is 2.44. The third-order valence-electron chi connectivity index (χ3n) is 10.6. The van der Waals surface area contributed by atoms with Gasteiger partial charge in [-0.25, -0.2) is 0 Å². The Morgan fingerprint density at radius 1 is 0.583 bits per heavy atom. The summed E-state index contributed by atoms with van der Waals surface area (Å²) in [6.45, 7) is 2.32. The smallest absolute Gasteiger partial charge is 0.0622 e. The third-order valence-corrected chi connectivity index (χ3v) is 10.6. The van der Waals surface area contributed by atoms with Crippen molar-refractivity contribution in [2.45, 2.75) is 44.9 Å². The SMILES string of the molecule is CC(Cc1ccccc1)c1ccc(-c2ccc(-c3ccc4c5c6c(c7c(c5n(-c5ccccc5)c4c3)C=CCC7)CCC=C6)cc2)cc1. The number of aromatic nitrogens is 1. The molecule has 48 heavy (non-hydrogen) atoms. The van der Waals surface area contributed by atoms with Gasteiger partial charge in [-0.3, -0.25) is 0 Å². The van der Waals surface area contributed by atoms with Crippen LogP contribution in [0, 0.1) is 0 Å². The van der Waals surface area contributed by atoms with Crippen LogP contribution in [0.25, 0.3) is 61.9 Å². The predicted octanol–water partition coefficient (Wildman–Crippen LogP) is 12.4. The van der Waals surface area contributed by atoms with Crippen molar-refractivity contribution in [3.8, 4) is 27.9 Å². The van der Waals surface area contributed by atoms with Crippen LogP contribution in [0.1, 0.15) is 59.1 Å². The standard InChI is InChI=1S/C47H39N/c1-32(30-33-12-4-2-5-13-33)34-20-22-35(23-21-34)36-24-26-37(27-25-36)38-28-29-44-45(31-38)48(39-14-6-3-7-15-39)47-43-19-11-9-17-41(43)40-16-8-10-18-42(40)46(44)47/h2-7,10-15,18-29,31-32H,8-9,16-17,30H2,1H3. The third kappa shape index (κ3) is 4.93. The van der Waals surface area contributed by atoms with Gasteiger partial charge in [-0.05, 0) is 106 Å². The summed E-state index contributed by atoms with van der Waals surface area (Å²) < 4.78 is 2.53. The van der Waals surface area contributed by atoms with Crippen molar-refractivity contribution in [3.63, 3.8) is 0 Å². The monoisotopic (exact) mass is 617 g/mol. The molecular formula is C47H39N. The number of nitrogens with zero attached hydrogens (tertiary/aromatic N) is 1. The van der Waals surface area contributed by atoms with Crippen molar-refractivity contribution in [2.24, 2.45) is 0 Å². The molecule has 1 heteroatoms. The van der Waals surface area contributed by atoms with Crippen molar-refractivity contribution in [2.75, 3.05) is 0 Å². The van der Waals surface area contributed by atoms with Gasteiger partial charge in [0.1, 0.15) is 0 Å². The van der Waals surface area contributed by atoms with E-state index in [1.807, 2.05) is 0 Å². The van der Waals surface area contributed by atoms with Crippen LogP contribution in [0.3, 0.4) is 0 Å². The molecule has 1 aromatic heterocycles. The van der Waals surface area contributed by atoms with E-state index in [1.54, 1.807) is 11.1 Å². The first kappa shape index (κ1) is 28.8. The van der Waals surface area contributed by atoms with Crippen LogP contribution in [0.15, 0.2) is 140 Å². The predicted molar refractivity (Wildman–Crippen MR) is 205 cm³/mol. The summed E-state index contributed by atoms with van der Waals surface area (Å²) in [6.07, 6.45) is 15.1. The first-order valence-electron chi connectivity index (χ1n) is 17.5. The molecule has 232 valence electrons. The molecule has 0 spiro atoms. The highest BCUT2D eigenvalue weighted by atomic mass is 15.0. The van der Waals surface area contributed by atoms with E-state index in [0.717, 1.165) is 32.1 Å². The molecule has 0 radical (unpaired) electrons. The lowest BCUT2D eigenvalue weighted by Gasteiger charge is -2.23. The minimum Gasteiger partial charge on any atom is -0.309 e. The van der Waals surface area contributed by atoms with Crippen molar-refractivity contribution in [3.05, 3.63) is 173 Å². The summed E-state index contributed by atoms with van der Waals surface area (Å²) in [6, 6.07) is 47.1. The Morgan fingerprint density at radius 2 is 1.15 bits per heavy atom. The van der Waals surface area contributed by atoms with E-state index in [2.05, 4.69) is 163 Å². The molecule has 1 atom stereocenters. The molecule has 0 saturated carbocycles. The maximum absolute atomic E-state index is 2.53. The molecule has 7 aromatic rings. The van der Waals surface area contributed by atoms with Crippen LogP contribution in [-0.2, 0) is 19.3 Å². The molecule has 0 N–H and O–H groups in total. The number of hydrogen-bond donors (Lipinski definition) is 0. The fourth-order valence-corrected chi connectivity index (χ4v) is 8.20. The topological polar surface area (TPSA) is 4.93 Å². The van der Waals surface area contributed by atoms with Crippen LogP contribution >= 0.6 is 0 Å². The largest absolute Gasteiger partial charge is 0.309 e. The van der Waals surface area contributed by atoms with Gasteiger partial charge in [0.05, 0.1) is 11.0 Å². The summed E-state index contributed by atoms with van der Waals surface area (Å²) in [7, 11) is 0. The zero-order valence-electron chi connectivity index (χ0n) is 27.5. The van der Waals surface area contributed by atoms with Crippen LogP contribution in [-0.4, -0.2) is 4.57 Å². The Bertz CT molecular complexity index is 2330. The van der Waals surface area contributed by atoms with E-state index in [9.17, 15) is 0 Å². The number of rotatable bonds is 6. The number of hydrogen-bond acceptors (Lipinski definition) is 0. The molecule has 2 aliphatic carbocycles. The quantitative estimate of drug-likeness (QED) is 0.175. The zero-order valence-corrected chi connectivity index (χ0v) is 27.5. The summed E-state index contributed by atoms with van der Waals surface area (Å²) in [5.74, 6) is 0.480. The van der Waals surface area contributed by atoms with Crippen LogP contribution in [0.4, 0.5) is 0 Å². The molecule has 2 aliphatic rings. The van der Waals surface area contributed by atoms with Crippen molar-refractivity contribution >= 4 is 34.0 Å². The zero-order chi connectivity index (χ0) is 32.0. The van der Waals surface area contributed by atoms with Crippen molar-refractivity contribution in [1.29, 1.82) is 0 Å². The summed E-state index contributed by atoms with van der Waals surface area (Å²) in [5.41, 5.74) is 17.6. The highest BCUT2D eigenvalue weighted by Gasteiger charge is 2.25. The van der Waals surface area contributed by atoms with Gasteiger partial charge in [0.15, 0.2) is 0 Å². The summed E-state index contributed by atoms with van der Waals surface area (Å²) in [5, 5.41) is 2.73. The molecule has 0 fully saturated rings. The minimum atomic E-state index is 0.480. The Kier molecular flexibility index (Phi) is 7.20. The van der Waals surface area contributed by atoms with E-state index in [-0.39, 0.29) is 0 Å². The van der Waals surface area contributed by atoms with Gasteiger partial charge in [-0.15, -0.1) is 0 Å². The lowest BCUT2D eigenvalue weighted by Crippen LogP contribution is -2.08. The van der Waals surface area contributed by atoms with Crippen LogP contribution < -0.4 is 0 Å². The molecule has 0 aliphatic heterocycles. The average Bonchev–Trinajstić information content (AvgIpc) is 3.51. The first-order chi connectivity index (χ1) is 23.7. The average molecular weight is 618 g/mol. The fourth-order valence-electron chi connectivity index (χ4n) is 8.20. The lowest BCUT2D eigenvalue weighted by molar-refractivity contribution is 0.759. The lowest BCUT2D eigenvalue weighted by atomic mass is 9.82. The van der Waals surface area contributed by atoms with E-state index >= 15 is 0 Å². The Hall–Kier alpha value is -5.40. The van der Waals surface area contributed by atoms with Crippen LogP contribution in [0.2, 0.25) is 0 Å².